The first kappa shape index (κ1) is 16.6. The lowest BCUT2D eigenvalue weighted by molar-refractivity contribution is 0.104. The van der Waals surface area contributed by atoms with Crippen LogP contribution in [0.5, 0.6) is 11.5 Å². The topological polar surface area (TPSA) is 72.6 Å². The summed E-state index contributed by atoms with van der Waals surface area (Å²) in [7, 11) is 1.54. The number of rotatable bonds is 6. The molecule has 0 unspecified atom stereocenters. The highest BCUT2D eigenvalue weighted by atomic mass is 16.5. The van der Waals surface area contributed by atoms with Gasteiger partial charge >= 0.3 is 0 Å². The molecule has 2 aromatic rings. The van der Waals surface area contributed by atoms with Gasteiger partial charge in [0.15, 0.2) is 5.78 Å². The average molecular weight is 311 g/mol. The maximum atomic E-state index is 12.2. The van der Waals surface area contributed by atoms with Gasteiger partial charge in [-0.05, 0) is 54.5 Å². The van der Waals surface area contributed by atoms with E-state index >= 15 is 0 Å². The first-order valence-corrected chi connectivity index (χ1v) is 7.53. The maximum Gasteiger partial charge on any atom is 0.185 e. The summed E-state index contributed by atoms with van der Waals surface area (Å²) in [5, 5.41) is 9.98. The second-order valence-electron chi connectivity index (χ2n) is 5.29. The van der Waals surface area contributed by atoms with Crippen LogP contribution in [0, 0.1) is 0 Å². The molecule has 2 aromatic carbocycles. The molecule has 0 spiro atoms. The summed E-state index contributed by atoms with van der Waals surface area (Å²) in [6.45, 7) is 2.05. The largest absolute Gasteiger partial charge is 0.508 e. The Morgan fingerprint density at radius 2 is 1.96 bits per heavy atom. The number of carbonyl (C=O) groups excluding carboxylic acids is 1. The standard InChI is InChI=1S/C19H21NO3/c1-3-4-14-11-15(19(23-2)12-18(14)22)7-10-17(21)13-5-8-16(20)9-6-13/h5-12,22H,3-4,20H2,1-2H3/b10-7+. The Bertz CT molecular complexity index is 718. The molecule has 120 valence electrons. The number of nitrogens with two attached hydrogens (primary N) is 1. The molecule has 0 aliphatic rings. The van der Waals surface area contributed by atoms with Crippen LogP contribution in [-0.4, -0.2) is 18.0 Å². The van der Waals surface area contributed by atoms with Crippen molar-refractivity contribution in [2.24, 2.45) is 0 Å². The number of aryl methyl sites for hydroxylation is 1. The van der Waals surface area contributed by atoms with Gasteiger partial charge in [0.05, 0.1) is 7.11 Å². The van der Waals surface area contributed by atoms with E-state index in [0.29, 0.717) is 17.0 Å². The summed E-state index contributed by atoms with van der Waals surface area (Å²) in [5.41, 5.74) is 8.41. The third-order valence-electron chi connectivity index (χ3n) is 3.56. The van der Waals surface area contributed by atoms with Gasteiger partial charge in [-0.3, -0.25) is 4.79 Å². The molecule has 23 heavy (non-hydrogen) atoms. The quantitative estimate of drug-likeness (QED) is 0.483. The van der Waals surface area contributed by atoms with E-state index in [-0.39, 0.29) is 11.5 Å². The van der Waals surface area contributed by atoms with E-state index in [1.807, 2.05) is 13.0 Å². The van der Waals surface area contributed by atoms with Crippen molar-refractivity contribution in [3.05, 3.63) is 59.2 Å². The van der Waals surface area contributed by atoms with E-state index in [0.717, 1.165) is 24.0 Å². The number of anilines is 1. The van der Waals surface area contributed by atoms with Gasteiger partial charge in [0, 0.05) is 22.9 Å². The van der Waals surface area contributed by atoms with Crippen molar-refractivity contribution in [1.29, 1.82) is 0 Å². The lowest BCUT2D eigenvalue weighted by Crippen LogP contribution is -1.96. The number of phenolic OH excluding ortho intramolecular Hbond substituents is 1. The lowest BCUT2D eigenvalue weighted by Gasteiger charge is -2.10. The normalized spacial score (nSPS) is 10.9. The molecule has 0 aliphatic carbocycles. The molecule has 2 rings (SSSR count). The van der Waals surface area contributed by atoms with E-state index in [4.69, 9.17) is 10.5 Å². The minimum absolute atomic E-state index is 0.114. The molecule has 0 amide bonds. The molecule has 0 heterocycles. The summed E-state index contributed by atoms with van der Waals surface area (Å²) in [6.07, 6.45) is 4.89. The lowest BCUT2D eigenvalue weighted by atomic mass is 10.0. The average Bonchev–Trinajstić information content (AvgIpc) is 2.55. The molecular formula is C19H21NO3. The van der Waals surface area contributed by atoms with Crippen molar-refractivity contribution in [2.45, 2.75) is 19.8 Å². The van der Waals surface area contributed by atoms with Crippen molar-refractivity contribution in [1.82, 2.24) is 0 Å². The van der Waals surface area contributed by atoms with E-state index in [9.17, 15) is 9.90 Å². The number of phenols is 1. The van der Waals surface area contributed by atoms with Crippen molar-refractivity contribution >= 4 is 17.5 Å². The molecule has 4 nitrogen and oxygen atoms in total. The molecule has 0 saturated carbocycles. The zero-order chi connectivity index (χ0) is 16.8. The number of aromatic hydroxyl groups is 1. The molecular weight excluding hydrogens is 290 g/mol. The van der Waals surface area contributed by atoms with E-state index in [2.05, 4.69) is 0 Å². The molecule has 4 heteroatoms. The fourth-order valence-corrected chi connectivity index (χ4v) is 2.32. The molecule has 0 aliphatic heterocycles. The van der Waals surface area contributed by atoms with Gasteiger partial charge in [-0.25, -0.2) is 0 Å². The minimum atomic E-state index is -0.114. The Labute approximate surface area is 136 Å². The van der Waals surface area contributed by atoms with Crippen LogP contribution in [0.1, 0.15) is 34.8 Å². The van der Waals surface area contributed by atoms with Gasteiger partial charge in [0.2, 0.25) is 0 Å². The third-order valence-corrected chi connectivity index (χ3v) is 3.56. The zero-order valence-electron chi connectivity index (χ0n) is 13.4. The van der Waals surface area contributed by atoms with Crippen LogP contribution in [-0.2, 0) is 6.42 Å². The van der Waals surface area contributed by atoms with Crippen LogP contribution in [0.25, 0.3) is 6.08 Å². The molecule has 3 N–H and O–H groups in total. The summed E-state index contributed by atoms with van der Waals surface area (Å²) in [6, 6.07) is 10.2. The number of hydrogen-bond acceptors (Lipinski definition) is 4. The van der Waals surface area contributed by atoms with Gasteiger partial charge in [0.1, 0.15) is 11.5 Å². The van der Waals surface area contributed by atoms with Crippen molar-refractivity contribution < 1.29 is 14.6 Å². The zero-order valence-corrected chi connectivity index (χ0v) is 13.4. The Hall–Kier alpha value is -2.75. The van der Waals surface area contributed by atoms with Gasteiger partial charge in [-0.2, -0.15) is 0 Å². The van der Waals surface area contributed by atoms with E-state index in [1.54, 1.807) is 36.4 Å². The second-order valence-corrected chi connectivity index (χ2v) is 5.29. The van der Waals surface area contributed by atoms with Gasteiger partial charge in [-0.1, -0.05) is 13.3 Å². The van der Waals surface area contributed by atoms with Crippen molar-refractivity contribution in [2.75, 3.05) is 12.8 Å². The number of ether oxygens (including phenoxy) is 1. The van der Waals surface area contributed by atoms with E-state index in [1.165, 1.54) is 13.2 Å². The van der Waals surface area contributed by atoms with Crippen LogP contribution in [0.4, 0.5) is 5.69 Å². The van der Waals surface area contributed by atoms with Crippen LogP contribution in [0.15, 0.2) is 42.5 Å². The third kappa shape index (κ3) is 4.13. The molecule has 0 atom stereocenters. The highest BCUT2D eigenvalue weighted by Gasteiger charge is 2.08. The summed E-state index contributed by atoms with van der Waals surface area (Å²) in [4.78, 5) is 12.2. The second kappa shape index (κ2) is 7.49. The molecule has 0 radical (unpaired) electrons. The van der Waals surface area contributed by atoms with Gasteiger partial charge in [-0.15, -0.1) is 0 Å². The summed E-state index contributed by atoms with van der Waals surface area (Å²) < 4.78 is 5.27. The first-order valence-electron chi connectivity index (χ1n) is 7.53. The minimum Gasteiger partial charge on any atom is -0.508 e. The predicted molar refractivity (Wildman–Crippen MR) is 92.9 cm³/mol. The highest BCUT2D eigenvalue weighted by molar-refractivity contribution is 6.07. The number of nitrogen functional groups attached to an aromatic ring is 1. The molecule has 0 bridgehead atoms. The Kier molecular flexibility index (Phi) is 5.41. The number of carbonyl (C=O) groups is 1. The Morgan fingerprint density at radius 1 is 1.26 bits per heavy atom. The summed E-state index contributed by atoms with van der Waals surface area (Å²) in [5.74, 6) is 0.631. The van der Waals surface area contributed by atoms with Crippen molar-refractivity contribution in [3.8, 4) is 11.5 Å². The van der Waals surface area contributed by atoms with E-state index < -0.39 is 0 Å². The first-order chi connectivity index (χ1) is 11.0. The highest BCUT2D eigenvalue weighted by Crippen LogP contribution is 2.30. The van der Waals surface area contributed by atoms with Gasteiger partial charge < -0.3 is 15.6 Å². The molecule has 0 saturated heterocycles. The van der Waals surface area contributed by atoms with Crippen LogP contribution < -0.4 is 10.5 Å². The summed E-state index contributed by atoms with van der Waals surface area (Å²) >= 11 is 0. The molecule has 0 fully saturated rings. The number of benzene rings is 2. The number of ketones is 1. The van der Waals surface area contributed by atoms with Crippen molar-refractivity contribution in [3.63, 3.8) is 0 Å². The maximum absolute atomic E-state index is 12.2. The van der Waals surface area contributed by atoms with Crippen LogP contribution in [0.3, 0.4) is 0 Å². The smallest absolute Gasteiger partial charge is 0.185 e. The van der Waals surface area contributed by atoms with Crippen LogP contribution in [0.2, 0.25) is 0 Å². The number of allylic oxidation sites excluding steroid dienone is 1. The fourth-order valence-electron chi connectivity index (χ4n) is 2.32. The number of methoxy groups -OCH3 is 1. The Morgan fingerprint density at radius 3 is 2.57 bits per heavy atom. The van der Waals surface area contributed by atoms with Crippen LogP contribution >= 0.6 is 0 Å². The molecule has 0 aromatic heterocycles. The Balaban J connectivity index is 2.28. The fraction of sp³-hybridized carbons (Fsp3) is 0.211. The number of hydrogen-bond donors (Lipinski definition) is 2. The van der Waals surface area contributed by atoms with Gasteiger partial charge in [0.25, 0.3) is 0 Å². The predicted octanol–water partition coefficient (Wildman–Crippen LogP) is 3.83. The monoisotopic (exact) mass is 311 g/mol. The SMILES string of the molecule is CCCc1cc(/C=C/C(=O)c2ccc(N)cc2)c(OC)cc1O.